The van der Waals surface area contributed by atoms with Crippen molar-refractivity contribution in [2.45, 2.75) is 25.9 Å². The zero-order chi connectivity index (χ0) is 15.3. The first kappa shape index (κ1) is 15.4. The maximum absolute atomic E-state index is 10.8. The van der Waals surface area contributed by atoms with Crippen LogP contribution < -0.4 is 9.47 Å². The van der Waals surface area contributed by atoms with Gasteiger partial charge in [-0.25, -0.2) is 0 Å². The van der Waals surface area contributed by atoms with Gasteiger partial charge in [0.05, 0.1) is 13.7 Å². The summed E-state index contributed by atoms with van der Waals surface area (Å²) in [4.78, 5) is 0. The van der Waals surface area contributed by atoms with Crippen LogP contribution in [0.4, 0.5) is 0 Å². The highest BCUT2D eigenvalue weighted by atomic mass is 16.5. The summed E-state index contributed by atoms with van der Waals surface area (Å²) in [5, 5.41) is 10.8. The van der Waals surface area contributed by atoms with Crippen molar-refractivity contribution in [3.8, 4) is 11.5 Å². The zero-order valence-electron chi connectivity index (χ0n) is 12.8. The fourth-order valence-corrected chi connectivity index (χ4v) is 2.18. The van der Waals surface area contributed by atoms with Gasteiger partial charge in [0.25, 0.3) is 0 Å². The normalized spacial score (nSPS) is 13.5. The van der Waals surface area contributed by atoms with Gasteiger partial charge < -0.3 is 14.6 Å². The third kappa shape index (κ3) is 3.56. The lowest BCUT2D eigenvalue weighted by molar-refractivity contribution is 0.102. The number of hydrogen-bond donors (Lipinski definition) is 1. The molecule has 3 heteroatoms. The molecule has 112 valence electrons. The van der Waals surface area contributed by atoms with E-state index in [1.54, 1.807) is 14.0 Å². The lowest BCUT2D eigenvalue weighted by atomic mass is 9.88. The number of ether oxygens (including phenoxy) is 2. The Morgan fingerprint density at radius 1 is 0.905 bits per heavy atom. The maximum Gasteiger partial charge on any atom is 0.119 e. The molecule has 0 spiro atoms. The van der Waals surface area contributed by atoms with Crippen LogP contribution in [-0.2, 0) is 5.60 Å². The first-order valence-electron chi connectivity index (χ1n) is 7.18. The molecule has 1 unspecified atom stereocenters. The van der Waals surface area contributed by atoms with Crippen molar-refractivity contribution in [3.05, 3.63) is 59.7 Å². The Hall–Kier alpha value is -2.00. The van der Waals surface area contributed by atoms with E-state index < -0.39 is 5.60 Å². The van der Waals surface area contributed by atoms with Crippen LogP contribution in [0.15, 0.2) is 48.5 Å². The van der Waals surface area contributed by atoms with Crippen molar-refractivity contribution in [2.75, 3.05) is 13.7 Å². The molecule has 0 radical (unpaired) electrons. The molecule has 21 heavy (non-hydrogen) atoms. The summed E-state index contributed by atoms with van der Waals surface area (Å²) in [6.45, 7) is 4.56. The molecule has 0 saturated heterocycles. The monoisotopic (exact) mass is 286 g/mol. The fraction of sp³-hybridized carbons (Fsp3) is 0.333. The molecule has 3 nitrogen and oxygen atoms in total. The van der Waals surface area contributed by atoms with Crippen LogP contribution in [0, 0.1) is 0 Å². The molecule has 2 aromatic rings. The molecule has 1 atom stereocenters. The number of hydrogen-bond acceptors (Lipinski definition) is 3. The minimum Gasteiger partial charge on any atom is -0.497 e. The number of aliphatic hydroxyl groups is 1. The first-order valence-corrected chi connectivity index (χ1v) is 7.18. The molecule has 0 aliphatic heterocycles. The number of methoxy groups -OCH3 is 1. The Kier molecular flexibility index (Phi) is 4.86. The Labute approximate surface area is 126 Å². The molecule has 0 aromatic heterocycles. The quantitative estimate of drug-likeness (QED) is 0.879. The van der Waals surface area contributed by atoms with E-state index in [1.807, 2.05) is 48.5 Å². The average molecular weight is 286 g/mol. The second-order valence-corrected chi connectivity index (χ2v) is 5.17. The lowest BCUT2D eigenvalue weighted by Gasteiger charge is -2.25. The standard InChI is InChI=1S/C18H22O3/c1-4-13-21-17-11-7-15(8-12-17)18(2,19)14-5-9-16(20-3)10-6-14/h5-12,19H,4,13H2,1-3H3. The van der Waals surface area contributed by atoms with E-state index in [0.29, 0.717) is 6.61 Å². The van der Waals surface area contributed by atoms with E-state index in [2.05, 4.69) is 6.92 Å². The molecular formula is C18H22O3. The van der Waals surface area contributed by atoms with Gasteiger partial charge in [-0.15, -0.1) is 0 Å². The molecule has 0 amide bonds. The Morgan fingerprint density at radius 3 is 1.81 bits per heavy atom. The summed E-state index contributed by atoms with van der Waals surface area (Å²) < 4.78 is 10.7. The summed E-state index contributed by atoms with van der Waals surface area (Å²) in [7, 11) is 1.63. The summed E-state index contributed by atoms with van der Waals surface area (Å²) in [6, 6.07) is 15.0. The third-order valence-corrected chi connectivity index (χ3v) is 3.54. The van der Waals surface area contributed by atoms with Gasteiger partial charge in [-0.2, -0.15) is 0 Å². The summed E-state index contributed by atoms with van der Waals surface area (Å²) in [5.41, 5.74) is 0.609. The van der Waals surface area contributed by atoms with Gasteiger partial charge in [0.1, 0.15) is 17.1 Å². The Balaban J connectivity index is 2.21. The molecule has 0 heterocycles. The van der Waals surface area contributed by atoms with E-state index in [0.717, 1.165) is 29.0 Å². The van der Waals surface area contributed by atoms with Gasteiger partial charge >= 0.3 is 0 Å². The van der Waals surface area contributed by atoms with Crippen LogP contribution in [0.1, 0.15) is 31.4 Å². The molecule has 1 N–H and O–H groups in total. The number of benzene rings is 2. The zero-order valence-corrected chi connectivity index (χ0v) is 12.8. The molecule has 0 saturated carbocycles. The van der Waals surface area contributed by atoms with Gasteiger partial charge in [0.15, 0.2) is 0 Å². The molecule has 2 rings (SSSR count). The lowest BCUT2D eigenvalue weighted by Crippen LogP contribution is -2.22. The van der Waals surface area contributed by atoms with Crippen molar-refractivity contribution < 1.29 is 14.6 Å². The molecule has 0 bridgehead atoms. The van der Waals surface area contributed by atoms with E-state index in [4.69, 9.17) is 9.47 Å². The topological polar surface area (TPSA) is 38.7 Å². The van der Waals surface area contributed by atoms with Crippen LogP contribution in [-0.4, -0.2) is 18.8 Å². The minimum absolute atomic E-state index is 0.703. The van der Waals surface area contributed by atoms with Crippen molar-refractivity contribution in [2.24, 2.45) is 0 Å². The van der Waals surface area contributed by atoms with Crippen LogP contribution in [0.3, 0.4) is 0 Å². The van der Waals surface area contributed by atoms with E-state index in [1.165, 1.54) is 0 Å². The average Bonchev–Trinajstić information content (AvgIpc) is 2.53. The van der Waals surface area contributed by atoms with E-state index in [9.17, 15) is 5.11 Å². The van der Waals surface area contributed by atoms with Gasteiger partial charge in [0.2, 0.25) is 0 Å². The van der Waals surface area contributed by atoms with Crippen LogP contribution >= 0.6 is 0 Å². The van der Waals surface area contributed by atoms with Crippen LogP contribution in [0.2, 0.25) is 0 Å². The van der Waals surface area contributed by atoms with Gasteiger partial charge in [-0.3, -0.25) is 0 Å². The van der Waals surface area contributed by atoms with Gasteiger partial charge in [0, 0.05) is 0 Å². The molecule has 0 fully saturated rings. The highest BCUT2D eigenvalue weighted by Crippen LogP contribution is 2.31. The predicted molar refractivity (Wildman–Crippen MR) is 83.9 cm³/mol. The van der Waals surface area contributed by atoms with E-state index in [-0.39, 0.29) is 0 Å². The van der Waals surface area contributed by atoms with Crippen molar-refractivity contribution >= 4 is 0 Å². The predicted octanol–water partition coefficient (Wildman–Crippen LogP) is 3.74. The fourth-order valence-electron chi connectivity index (χ4n) is 2.18. The second kappa shape index (κ2) is 6.64. The largest absolute Gasteiger partial charge is 0.497 e. The van der Waals surface area contributed by atoms with Gasteiger partial charge in [-0.05, 0) is 48.7 Å². The highest BCUT2D eigenvalue weighted by molar-refractivity contribution is 5.40. The third-order valence-electron chi connectivity index (χ3n) is 3.54. The van der Waals surface area contributed by atoms with Crippen molar-refractivity contribution in [1.82, 2.24) is 0 Å². The second-order valence-electron chi connectivity index (χ2n) is 5.17. The van der Waals surface area contributed by atoms with Crippen LogP contribution in [0.25, 0.3) is 0 Å². The summed E-state index contributed by atoms with van der Waals surface area (Å²) >= 11 is 0. The smallest absolute Gasteiger partial charge is 0.119 e. The molecule has 0 aliphatic carbocycles. The number of rotatable bonds is 6. The molecule has 0 aliphatic rings. The Morgan fingerprint density at radius 2 is 1.38 bits per heavy atom. The summed E-state index contributed by atoms with van der Waals surface area (Å²) in [5.74, 6) is 1.60. The first-order chi connectivity index (χ1) is 10.1. The van der Waals surface area contributed by atoms with Crippen molar-refractivity contribution in [3.63, 3.8) is 0 Å². The highest BCUT2D eigenvalue weighted by Gasteiger charge is 2.25. The van der Waals surface area contributed by atoms with Gasteiger partial charge in [-0.1, -0.05) is 31.2 Å². The SMILES string of the molecule is CCCOc1ccc(C(C)(O)c2ccc(OC)cc2)cc1. The maximum atomic E-state index is 10.8. The van der Waals surface area contributed by atoms with E-state index >= 15 is 0 Å². The van der Waals surface area contributed by atoms with Crippen molar-refractivity contribution in [1.29, 1.82) is 0 Å². The summed E-state index contributed by atoms with van der Waals surface area (Å²) in [6.07, 6.45) is 0.977. The minimum atomic E-state index is -1.05. The Bertz CT molecular complexity index is 556. The van der Waals surface area contributed by atoms with Crippen LogP contribution in [0.5, 0.6) is 11.5 Å². The molecule has 2 aromatic carbocycles. The molecular weight excluding hydrogens is 264 g/mol.